The molecule has 1 atom stereocenters. The minimum Gasteiger partial charge on any atom is -0.468 e. The van der Waals surface area contributed by atoms with Crippen LogP contribution >= 0.6 is 11.6 Å². The van der Waals surface area contributed by atoms with Crippen LogP contribution in [0.5, 0.6) is 0 Å². The van der Waals surface area contributed by atoms with E-state index in [1.807, 2.05) is 0 Å². The van der Waals surface area contributed by atoms with Crippen LogP contribution in [0.2, 0.25) is 5.02 Å². The van der Waals surface area contributed by atoms with Gasteiger partial charge in [-0.3, -0.25) is 4.79 Å². The van der Waals surface area contributed by atoms with Crippen LogP contribution in [0, 0.1) is 6.92 Å². The van der Waals surface area contributed by atoms with Crippen LogP contribution in [0.25, 0.3) is 0 Å². The largest absolute Gasteiger partial charge is 0.468 e. The van der Waals surface area contributed by atoms with Gasteiger partial charge in [0.15, 0.2) is 0 Å². The molecule has 5 nitrogen and oxygen atoms in total. The molecule has 0 amide bonds. The second kappa shape index (κ2) is 5.69. The molecule has 0 fully saturated rings. The summed E-state index contributed by atoms with van der Waals surface area (Å²) >= 11 is 5.88. The minimum absolute atomic E-state index is 0.0643. The monoisotopic (exact) mass is 291 g/mol. The molecule has 1 aromatic carbocycles. The predicted molar refractivity (Wildman–Crippen MR) is 68.0 cm³/mol. The van der Waals surface area contributed by atoms with Crippen LogP contribution in [0.3, 0.4) is 0 Å². The van der Waals surface area contributed by atoms with E-state index in [4.69, 9.17) is 11.6 Å². The Morgan fingerprint density at radius 3 is 2.56 bits per heavy atom. The molecular weight excluding hydrogens is 278 g/mol. The first-order valence-electron chi connectivity index (χ1n) is 5.14. The van der Waals surface area contributed by atoms with Crippen LogP contribution < -0.4 is 4.72 Å². The highest BCUT2D eigenvalue weighted by atomic mass is 35.5. The number of methoxy groups -OCH3 is 1. The number of aryl methyl sites for hydroxylation is 1. The summed E-state index contributed by atoms with van der Waals surface area (Å²) < 4.78 is 30.6. The summed E-state index contributed by atoms with van der Waals surface area (Å²) in [7, 11) is -2.66. The zero-order valence-electron chi connectivity index (χ0n) is 10.2. The van der Waals surface area contributed by atoms with Gasteiger partial charge in [-0.1, -0.05) is 17.7 Å². The predicted octanol–water partition coefficient (Wildman–Crippen LogP) is 1.49. The number of hydrogen-bond acceptors (Lipinski definition) is 4. The molecule has 0 aliphatic rings. The zero-order valence-corrected chi connectivity index (χ0v) is 11.8. The number of benzene rings is 1. The SMILES string of the molecule is COC(=O)C(C)NS(=O)(=O)c1ccc(C)cc1Cl. The summed E-state index contributed by atoms with van der Waals surface area (Å²) in [4.78, 5) is 11.1. The van der Waals surface area contributed by atoms with E-state index in [1.165, 1.54) is 20.1 Å². The molecule has 0 bridgehead atoms. The molecule has 7 heteroatoms. The van der Waals surface area contributed by atoms with Crippen molar-refractivity contribution in [1.82, 2.24) is 4.72 Å². The quantitative estimate of drug-likeness (QED) is 0.853. The third kappa shape index (κ3) is 3.44. The van der Waals surface area contributed by atoms with Gasteiger partial charge in [0.1, 0.15) is 10.9 Å². The third-order valence-electron chi connectivity index (χ3n) is 2.26. The van der Waals surface area contributed by atoms with E-state index >= 15 is 0 Å². The Balaban J connectivity index is 3.04. The van der Waals surface area contributed by atoms with Crippen molar-refractivity contribution in [1.29, 1.82) is 0 Å². The number of carbonyl (C=O) groups is 1. The molecule has 0 aliphatic heterocycles. The number of nitrogens with one attached hydrogen (secondary N) is 1. The molecule has 18 heavy (non-hydrogen) atoms. The molecule has 1 N–H and O–H groups in total. The highest BCUT2D eigenvalue weighted by Crippen LogP contribution is 2.22. The molecule has 0 saturated carbocycles. The van der Waals surface area contributed by atoms with Gasteiger partial charge >= 0.3 is 5.97 Å². The van der Waals surface area contributed by atoms with Gasteiger partial charge < -0.3 is 4.74 Å². The average Bonchev–Trinajstić information content (AvgIpc) is 2.26. The molecule has 100 valence electrons. The fraction of sp³-hybridized carbons (Fsp3) is 0.364. The van der Waals surface area contributed by atoms with Gasteiger partial charge in [0.25, 0.3) is 0 Å². The second-order valence-corrected chi connectivity index (χ2v) is 5.89. The topological polar surface area (TPSA) is 72.5 Å². The maximum absolute atomic E-state index is 12.0. The summed E-state index contributed by atoms with van der Waals surface area (Å²) in [5.41, 5.74) is 0.847. The standard InChI is InChI=1S/C11H14ClNO4S/c1-7-4-5-10(9(12)6-7)18(15,16)13-8(2)11(14)17-3/h4-6,8,13H,1-3H3. The fourth-order valence-corrected chi connectivity index (χ4v) is 3.14. The van der Waals surface area contributed by atoms with Gasteiger partial charge in [-0.15, -0.1) is 0 Å². The van der Waals surface area contributed by atoms with Crippen molar-refractivity contribution in [3.8, 4) is 0 Å². The maximum atomic E-state index is 12.0. The molecule has 0 aliphatic carbocycles. The summed E-state index contributed by atoms with van der Waals surface area (Å²) in [6.45, 7) is 3.19. The summed E-state index contributed by atoms with van der Waals surface area (Å²) in [5, 5.41) is 0.111. The Kier molecular flexibility index (Phi) is 4.72. The number of carbonyl (C=O) groups excluding carboxylic acids is 1. The van der Waals surface area contributed by atoms with E-state index in [0.717, 1.165) is 5.56 Å². The minimum atomic E-state index is -3.84. The molecule has 1 rings (SSSR count). The molecule has 0 aromatic heterocycles. The Morgan fingerprint density at radius 1 is 1.44 bits per heavy atom. The highest BCUT2D eigenvalue weighted by molar-refractivity contribution is 7.89. The van der Waals surface area contributed by atoms with Crippen LogP contribution in [-0.4, -0.2) is 27.5 Å². The van der Waals surface area contributed by atoms with Gasteiger partial charge in [-0.2, -0.15) is 4.72 Å². The summed E-state index contributed by atoms with van der Waals surface area (Å²) in [6, 6.07) is 3.59. The van der Waals surface area contributed by atoms with Crippen LogP contribution in [0.1, 0.15) is 12.5 Å². The van der Waals surface area contributed by atoms with Crippen LogP contribution in [0.15, 0.2) is 23.1 Å². The van der Waals surface area contributed by atoms with E-state index in [1.54, 1.807) is 19.1 Å². The summed E-state index contributed by atoms with van der Waals surface area (Å²) in [5.74, 6) is -0.665. The second-order valence-electron chi connectivity index (χ2n) is 3.80. The smallest absolute Gasteiger partial charge is 0.323 e. The lowest BCUT2D eigenvalue weighted by Gasteiger charge is -2.13. The van der Waals surface area contributed by atoms with E-state index in [9.17, 15) is 13.2 Å². The Hall–Kier alpha value is -1.11. The zero-order chi connectivity index (χ0) is 13.9. The first-order valence-corrected chi connectivity index (χ1v) is 7.00. The normalized spacial score (nSPS) is 13.1. The highest BCUT2D eigenvalue weighted by Gasteiger charge is 2.24. The average molecular weight is 292 g/mol. The number of halogens is 1. The van der Waals surface area contributed by atoms with Crippen LogP contribution in [-0.2, 0) is 19.6 Å². The molecule has 0 heterocycles. The van der Waals surface area contributed by atoms with Crippen molar-refractivity contribution in [2.24, 2.45) is 0 Å². The lowest BCUT2D eigenvalue weighted by Crippen LogP contribution is -2.39. The molecular formula is C11H14ClNO4S. The van der Waals surface area contributed by atoms with Crippen molar-refractivity contribution < 1.29 is 17.9 Å². The van der Waals surface area contributed by atoms with Crippen molar-refractivity contribution in [3.63, 3.8) is 0 Å². The number of esters is 1. The Labute approximate surface area is 111 Å². The third-order valence-corrected chi connectivity index (χ3v) is 4.29. The lowest BCUT2D eigenvalue weighted by molar-refractivity contribution is -0.142. The molecule has 0 spiro atoms. The number of ether oxygens (including phenoxy) is 1. The van der Waals surface area contributed by atoms with Gasteiger partial charge in [0.05, 0.1) is 12.1 Å². The van der Waals surface area contributed by atoms with Crippen molar-refractivity contribution in [2.45, 2.75) is 24.8 Å². The number of sulfonamides is 1. The molecule has 1 aromatic rings. The van der Waals surface area contributed by atoms with Crippen LogP contribution in [0.4, 0.5) is 0 Å². The van der Waals surface area contributed by atoms with E-state index < -0.39 is 22.0 Å². The first kappa shape index (κ1) is 14.9. The van der Waals surface area contributed by atoms with Crippen molar-refractivity contribution in [2.75, 3.05) is 7.11 Å². The lowest BCUT2D eigenvalue weighted by atomic mass is 10.2. The molecule has 0 saturated heterocycles. The fourth-order valence-electron chi connectivity index (χ4n) is 1.34. The van der Waals surface area contributed by atoms with Gasteiger partial charge in [0, 0.05) is 0 Å². The number of rotatable bonds is 4. The van der Waals surface area contributed by atoms with Gasteiger partial charge in [-0.05, 0) is 31.5 Å². The van der Waals surface area contributed by atoms with Crippen molar-refractivity contribution in [3.05, 3.63) is 28.8 Å². The molecule has 1 unspecified atom stereocenters. The van der Waals surface area contributed by atoms with Crippen molar-refractivity contribution >= 4 is 27.6 Å². The van der Waals surface area contributed by atoms with E-state index in [0.29, 0.717) is 0 Å². The Morgan fingerprint density at radius 2 is 2.06 bits per heavy atom. The van der Waals surface area contributed by atoms with Gasteiger partial charge in [-0.25, -0.2) is 8.42 Å². The van der Waals surface area contributed by atoms with Gasteiger partial charge in [0.2, 0.25) is 10.0 Å². The first-order chi connectivity index (χ1) is 8.27. The Bertz CT molecular complexity index is 556. The van der Waals surface area contributed by atoms with E-state index in [2.05, 4.69) is 9.46 Å². The number of hydrogen-bond donors (Lipinski definition) is 1. The molecule has 0 radical (unpaired) electrons. The maximum Gasteiger partial charge on any atom is 0.323 e. The summed E-state index contributed by atoms with van der Waals surface area (Å²) in [6.07, 6.45) is 0. The van der Waals surface area contributed by atoms with E-state index in [-0.39, 0.29) is 9.92 Å².